The van der Waals surface area contributed by atoms with E-state index in [0.29, 0.717) is 22.0 Å². The molecule has 12 heteroatoms. The smallest absolute Gasteiger partial charge is 0.244 e. The highest BCUT2D eigenvalue weighted by molar-refractivity contribution is 7.92. The van der Waals surface area contributed by atoms with E-state index < -0.39 is 28.5 Å². The second kappa shape index (κ2) is 14.6. The monoisotopic (exact) mass is 657 g/mol. The van der Waals surface area contributed by atoms with Crippen LogP contribution in [0.5, 0.6) is 0 Å². The molecule has 0 radical (unpaired) electrons. The van der Waals surface area contributed by atoms with E-state index in [0.717, 1.165) is 16.1 Å². The highest BCUT2D eigenvalue weighted by Gasteiger charge is 2.34. The third kappa shape index (κ3) is 9.00. The zero-order chi connectivity index (χ0) is 30.3. The maximum absolute atomic E-state index is 14.1. The van der Waals surface area contributed by atoms with Crippen LogP contribution in [0.2, 0.25) is 20.1 Å². The number of amides is 2. The van der Waals surface area contributed by atoms with Crippen molar-refractivity contribution in [2.45, 2.75) is 45.3 Å². The van der Waals surface area contributed by atoms with Crippen molar-refractivity contribution in [2.24, 2.45) is 0 Å². The van der Waals surface area contributed by atoms with Gasteiger partial charge in [-0.15, -0.1) is 0 Å². The van der Waals surface area contributed by atoms with Gasteiger partial charge in [-0.05, 0) is 48.7 Å². The van der Waals surface area contributed by atoms with Crippen molar-refractivity contribution < 1.29 is 18.0 Å². The number of hydrogen-bond acceptors (Lipinski definition) is 4. The molecule has 220 valence electrons. The van der Waals surface area contributed by atoms with E-state index in [1.54, 1.807) is 18.2 Å². The van der Waals surface area contributed by atoms with Gasteiger partial charge in [0.25, 0.3) is 0 Å². The summed E-state index contributed by atoms with van der Waals surface area (Å²) in [6, 6.07) is 17.4. The number of anilines is 1. The zero-order valence-corrected chi connectivity index (χ0v) is 26.6. The Bertz CT molecular complexity index is 1490. The number of sulfonamides is 1. The number of carbonyl (C=O) groups is 2. The Balaban J connectivity index is 2.12. The van der Waals surface area contributed by atoms with Crippen LogP contribution >= 0.6 is 46.4 Å². The van der Waals surface area contributed by atoms with Gasteiger partial charge in [-0.3, -0.25) is 13.9 Å². The summed E-state index contributed by atoms with van der Waals surface area (Å²) in [5, 5.41) is 3.79. The van der Waals surface area contributed by atoms with Gasteiger partial charge in [0.05, 0.1) is 22.0 Å². The Hall–Kier alpha value is -2.49. The van der Waals surface area contributed by atoms with Crippen LogP contribution in [0.15, 0.2) is 66.7 Å². The maximum atomic E-state index is 14.1. The number of hydrogen-bond donors (Lipinski definition) is 1. The highest BCUT2D eigenvalue weighted by Crippen LogP contribution is 2.34. The van der Waals surface area contributed by atoms with Gasteiger partial charge in [-0.2, -0.15) is 0 Å². The third-order valence-electron chi connectivity index (χ3n) is 6.51. The summed E-state index contributed by atoms with van der Waals surface area (Å²) in [6.45, 7) is 3.09. The minimum Gasteiger partial charge on any atom is -0.352 e. The van der Waals surface area contributed by atoms with E-state index >= 15 is 0 Å². The Morgan fingerprint density at radius 3 is 2.22 bits per heavy atom. The van der Waals surface area contributed by atoms with Crippen molar-refractivity contribution in [2.75, 3.05) is 17.1 Å². The first kappa shape index (κ1) is 33.0. The first-order chi connectivity index (χ1) is 19.3. The molecule has 0 aliphatic rings. The van der Waals surface area contributed by atoms with Crippen LogP contribution in [0.1, 0.15) is 31.4 Å². The van der Waals surface area contributed by atoms with Crippen LogP contribution in [0.4, 0.5) is 5.69 Å². The van der Waals surface area contributed by atoms with Gasteiger partial charge in [-0.1, -0.05) is 95.8 Å². The quantitative estimate of drug-likeness (QED) is 0.237. The molecule has 3 rings (SSSR count). The number of nitrogens with one attached hydrogen (secondary N) is 1. The SMILES string of the molecule is CC[C@H](C)NC(=O)[C@H](Cc1ccccc1)N(Cc1ccc(Cl)cc1Cl)C(=O)CN(c1cccc(Cl)c1Cl)S(C)(=O)=O. The molecule has 0 aliphatic carbocycles. The zero-order valence-electron chi connectivity index (χ0n) is 22.8. The summed E-state index contributed by atoms with van der Waals surface area (Å²) in [4.78, 5) is 29.2. The Morgan fingerprint density at radius 2 is 1.61 bits per heavy atom. The Kier molecular flexibility index (Phi) is 11.8. The van der Waals surface area contributed by atoms with Crippen LogP contribution in [-0.2, 0) is 32.6 Å². The summed E-state index contributed by atoms with van der Waals surface area (Å²) in [6.07, 6.45) is 1.82. The fourth-order valence-corrected chi connectivity index (χ4v) is 5.88. The number of carbonyl (C=O) groups excluding carboxylic acids is 2. The van der Waals surface area contributed by atoms with Crippen LogP contribution in [0.3, 0.4) is 0 Å². The molecule has 0 spiro atoms. The lowest BCUT2D eigenvalue weighted by molar-refractivity contribution is -0.140. The Labute approximate surface area is 261 Å². The van der Waals surface area contributed by atoms with Crippen LogP contribution in [-0.4, -0.2) is 50.0 Å². The van der Waals surface area contributed by atoms with Crippen LogP contribution in [0, 0.1) is 0 Å². The third-order valence-corrected chi connectivity index (χ3v) is 9.03. The molecular formula is C29H31Cl4N3O4S. The summed E-state index contributed by atoms with van der Waals surface area (Å²) in [7, 11) is -4.00. The van der Waals surface area contributed by atoms with Crippen LogP contribution < -0.4 is 9.62 Å². The van der Waals surface area contributed by atoms with Crippen LogP contribution in [0.25, 0.3) is 0 Å². The van der Waals surface area contributed by atoms with Gasteiger partial charge in [0.15, 0.2) is 0 Å². The number of benzene rings is 3. The average molecular weight is 659 g/mol. The lowest BCUT2D eigenvalue weighted by Crippen LogP contribution is -2.54. The highest BCUT2D eigenvalue weighted by atomic mass is 35.5. The molecule has 0 saturated heterocycles. The van der Waals surface area contributed by atoms with Gasteiger partial charge in [0.2, 0.25) is 21.8 Å². The fraction of sp³-hybridized carbons (Fsp3) is 0.310. The standard InChI is InChI=1S/C29H31Cl4N3O4S/c1-4-19(2)34-29(38)26(15-20-9-6-5-7-10-20)35(17-21-13-14-22(30)16-24(21)32)27(37)18-36(41(3,39)40)25-12-8-11-23(31)28(25)33/h5-14,16,19,26H,4,15,17-18H2,1-3H3,(H,34,38)/t19-,26-/m0/s1. The summed E-state index contributed by atoms with van der Waals surface area (Å²) >= 11 is 25.1. The molecule has 0 fully saturated rings. The van der Waals surface area contributed by atoms with E-state index in [-0.39, 0.29) is 40.6 Å². The van der Waals surface area contributed by atoms with E-state index in [1.165, 1.54) is 23.1 Å². The van der Waals surface area contributed by atoms with Gasteiger partial charge >= 0.3 is 0 Å². The molecule has 2 atom stereocenters. The van der Waals surface area contributed by atoms with Crippen molar-refractivity contribution in [1.29, 1.82) is 0 Å². The minimum atomic E-state index is -4.00. The topological polar surface area (TPSA) is 86.8 Å². The first-order valence-corrected chi connectivity index (χ1v) is 16.2. The molecule has 0 unspecified atom stereocenters. The fourth-order valence-electron chi connectivity index (χ4n) is 4.11. The second-order valence-electron chi connectivity index (χ2n) is 9.62. The minimum absolute atomic E-state index is 0.0185. The number of nitrogens with zero attached hydrogens (tertiary/aromatic N) is 2. The molecule has 3 aromatic carbocycles. The predicted octanol–water partition coefficient (Wildman–Crippen LogP) is 6.62. The lowest BCUT2D eigenvalue weighted by Gasteiger charge is -2.34. The van der Waals surface area contributed by atoms with Crippen molar-refractivity contribution in [3.05, 3.63) is 97.9 Å². The lowest BCUT2D eigenvalue weighted by atomic mass is 10.0. The molecule has 3 aromatic rings. The van der Waals surface area contributed by atoms with Crippen molar-refractivity contribution in [3.8, 4) is 0 Å². The van der Waals surface area contributed by atoms with E-state index in [2.05, 4.69) is 5.32 Å². The molecule has 0 bridgehead atoms. The molecule has 0 saturated carbocycles. The second-order valence-corrected chi connectivity index (χ2v) is 13.2. The van der Waals surface area contributed by atoms with Gasteiger partial charge < -0.3 is 10.2 Å². The summed E-state index contributed by atoms with van der Waals surface area (Å²) in [5.74, 6) is -1.02. The Morgan fingerprint density at radius 1 is 0.927 bits per heavy atom. The normalized spacial score (nSPS) is 12.9. The summed E-state index contributed by atoms with van der Waals surface area (Å²) < 4.78 is 26.7. The largest absolute Gasteiger partial charge is 0.352 e. The van der Waals surface area contributed by atoms with Gasteiger partial charge in [0.1, 0.15) is 12.6 Å². The van der Waals surface area contributed by atoms with E-state index in [9.17, 15) is 18.0 Å². The van der Waals surface area contributed by atoms with Crippen molar-refractivity contribution in [3.63, 3.8) is 0 Å². The van der Waals surface area contributed by atoms with Gasteiger partial charge in [-0.25, -0.2) is 8.42 Å². The van der Waals surface area contributed by atoms with Crippen molar-refractivity contribution >= 4 is 73.9 Å². The van der Waals surface area contributed by atoms with E-state index in [1.807, 2.05) is 44.2 Å². The summed E-state index contributed by atoms with van der Waals surface area (Å²) in [5.41, 5.74) is 1.39. The first-order valence-electron chi connectivity index (χ1n) is 12.8. The molecule has 2 amide bonds. The molecular weight excluding hydrogens is 628 g/mol. The average Bonchev–Trinajstić information content (AvgIpc) is 2.91. The molecule has 0 aliphatic heterocycles. The van der Waals surface area contributed by atoms with Crippen molar-refractivity contribution in [1.82, 2.24) is 10.2 Å². The molecule has 7 nitrogen and oxygen atoms in total. The van der Waals surface area contributed by atoms with E-state index in [4.69, 9.17) is 46.4 Å². The van der Waals surface area contributed by atoms with Gasteiger partial charge in [0, 0.05) is 29.1 Å². The molecule has 1 N–H and O–H groups in total. The molecule has 0 aromatic heterocycles. The molecule has 0 heterocycles. The number of halogens is 4. The number of rotatable bonds is 12. The predicted molar refractivity (Wildman–Crippen MR) is 167 cm³/mol. The maximum Gasteiger partial charge on any atom is 0.244 e. The molecule has 41 heavy (non-hydrogen) atoms.